The van der Waals surface area contributed by atoms with Gasteiger partial charge in [-0.2, -0.15) is 14.8 Å². The third-order valence-corrected chi connectivity index (χ3v) is 6.16. The number of hydrogen-bond donors (Lipinski definition) is 1. The Kier molecular flexibility index (Phi) is 4.99. The average molecular weight is 446 g/mol. The van der Waals surface area contributed by atoms with Gasteiger partial charge in [0, 0.05) is 23.4 Å². The maximum atomic E-state index is 13.3. The monoisotopic (exact) mass is 445 g/mol. The van der Waals surface area contributed by atoms with Gasteiger partial charge in [-0.05, 0) is 38.3 Å². The van der Waals surface area contributed by atoms with Crippen LogP contribution in [0.25, 0.3) is 5.65 Å². The smallest absolute Gasteiger partial charge is 0.275 e. The van der Waals surface area contributed by atoms with Crippen molar-refractivity contribution in [2.75, 3.05) is 5.32 Å². The highest BCUT2D eigenvalue weighted by molar-refractivity contribution is 6.16. The van der Waals surface area contributed by atoms with Gasteiger partial charge in [-0.25, -0.2) is 9.98 Å². The Labute approximate surface area is 191 Å². The summed E-state index contributed by atoms with van der Waals surface area (Å²) in [4.78, 5) is 39.5. The second-order valence-electron chi connectivity index (χ2n) is 9.66. The van der Waals surface area contributed by atoms with Gasteiger partial charge in [0.15, 0.2) is 0 Å². The molecule has 4 heterocycles. The summed E-state index contributed by atoms with van der Waals surface area (Å²) in [7, 11) is 0. The molecule has 3 aromatic heterocycles. The van der Waals surface area contributed by atoms with E-state index in [-0.39, 0.29) is 29.1 Å². The summed E-state index contributed by atoms with van der Waals surface area (Å²) in [6.45, 7) is 7.92. The Morgan fingerprint density at radius 3 is 2.79 bits per heavy atom. The summed E-state index contributed by atoms with van der Waals surface area (Å²) in [6, 6.07) is 7.40. The van der Waals surface area contributed by atoms with Gasteiger partial charge in [-0.3, -0.25) is 14.0 Å². The minimum Gasteiger partial charge on any atom is -0.305 e. The molecule has 0 bridgehead atoms. The number of aromatic nitrogens is 4. The Morgan fingerprint density at radius 1 is 1.18 bits per heavy atom. The Balaban J connectivity index is 1.56. The molecule has 0 aromatic carbocycles. The number of carbonyl (C=O) groups excluding carboxylic acids is 2. The largest absolute Gasteiger partial charge is 0.305 e. The first-order chi connectivity index (χ1) is 15.7. The molecule has 9 heteroatoms. The fraction of sp³-hybridized carbons (Fsp3) is 0.417. The van der Waals surface area contributed by atoms with E-state index in [4.69, 9.17) is 4.99 Å². The lowest BCUT2D eigenvalue weighted by Crippen LogP contribution is -2.34. The zero-order chi connectivity index (χ0) is 23.3. The van der Waals surface area contributed by atoms with Crippen LogP contribution in [0.3, 0.4) is 0 Å². The number of aliphatic imine (C=N–C) groups is 2. The third-order valence-electron chi connectivity index (χ3n) is 6.16. The lowest BCUT2D eigenvalue weighted by molar-refractivity contribution is -0.120. The van der Waals surface area contributed by atoms with Crippen molar-refractivity contribution in [3.8, 4) is 0 Å². The molecule has 2 amide bonds. The molecule has 5 rings (SSSR count). The maximum Gasteiger partial charge on any atom is 0.275 e. The van der Waals surface area contributed by atoms with Crippen LogP contribution in [0.1, 0.15) is 68.3 Å². The topological polar surface area (TPSA) is 106 Å². The molecule has 1 aliphatic heterocycles. The molecule has 1 atom stereocenters. The first-order valence-corrected chi connectivity index (χ1v) is 11.3. The third kappa shape index (κ3) is 3.77. The summed E-state index contributed by atoms with van der Waals surface area (Å²) >= 11 is 0. The van der Waals surface area contributed by atoms with E-state index >= 15 is 0 Å². The summed E-state index contributed by atoms with van der Waals surface area (Å²) in [5, 5.41) is 7.65. The minimum absolute atomic E-state index is 0.183. The Hall–Kier alpha value is -3.62. The second kappa shape index (κ2) is 7.75. The number of anilines is 1. The van der Waals surface area contributed by atoms with Gasteiger partial charge in [0.2, 0.25) is 0 Å². The second-order valence-corrected chi connectivity index (χ2v) is 9.66. The Morgan fingerprint density at radius 2 is 2.00 bits per heavy atom. The van der Waals surface area contributed by atoms with E-state index in [0.29, 0.717) is 22.9 Å². The summed E-state index contributed by atoms with van der Waals surface area (Å²) in [5.41, 5.74) is 3.10. The van der Waals surface area contributed by atoms with Crippen LogP contribution in [0.2, 0.25) is 0 Å². The number of fused-ring (bicyclic) bond motifs is 2. The lowest BCUT2D eigenvalue weighted by atomic mass is 9.86. The van der Waals surface area contributed by atoms with Gasteiger partial charge in [-0.1, -0.05) is 33.3 Å². The molecule has 1 unspecified atom stereocenters. The van der Waals surface area contributed by atoms with E-state index in [2.05, 4.69) is 20.4 Å². The number of nitrogens with one attached hydrogen (secondary N) is 1. The normalized spacial score (nSPS) is 18.7. The minimum atomic E-state index is -0.321. The standard InChI is InChI=1S/C24H27N7O2/c1-14-20(30-12-8-7-11-18(30)25-14)22(33)27-19-13-17(24(2,3)4)29-31(19)23-26-16-10-6-5-9-15(16)21(32)28-23/h7-8,11-13,15H,5-6,9-10H2,1-4H3,(H,27,33). The van der Waals surface area contributed by atoms with Gasteiger partial charge in [0.1, 0.15) is 17.2 Å². The zero-order valence-corrected chi connectivity index (χ0v) is 19.3. The number of imidazole rings is 1. The van der Waals surface area contributed by atoms with Crippen LogP contribution in [0.4, 0.5) is 5.82 Å². The van der Waals surface area contributed by atoms with Crippen LogP contribution in [-0.2, 0) is 10.2 Å². The van der Waals surface area contributed by atoms with E-state index in [9.17, 15) is 9.59 Å². The predicted octanol–water partition coefficient (Wildman–Crippen LogP) is 3.76. The van der Waals surface area contributed by atoms with Crippen LogP contribution >= 0.6 is 0 Å². The van der Waals surface area contributed by atoms with Gasteiger partial charge in [0.05, 0.1) is 17.3 Å². The molecule has 33 heavy (non-hydrogen) atoms. The molecular weight excluding hydrogens is 418 g/mol. The molecule has 1 aliphatic carbocycles. The van der Waals surface area contributed by atoms with E-state index in [1.165, 1.54) is 4.68 Å². The van der Waals surface area contributed by atoms with Gasteiger partial charge < -0.3 is 5.32 Å². The van der Waals surface area contributed by atoms with Crippen molar-refractivity contribution in [3.05, 3.63) is 47.5 Å². The highest BCUT2D eigenvalue weighted by Crippen LogP contribution is 2.29. The van der Waals surface area contributed by atoms with E-state index in [0.717, 1.165) is 37.1 Å². The maximum absolute atomic E-state index is 13.3. The highest BCUT2D eigenvalue weighted by Gasteiger charge is 2.33. The number of rotatable bonds is 2. The summed E-state index contributed by atoms with van der Waals surface area (Å²) in [6.07, 6.45) is 5.40. The van der Waals surface area contributed by atoms with Crippen LogP contribution in [0.5, 0.6) is 0 Å². The number of nitrogens with zero attached hydrogens (tertiary/aromatic N) is 6. The van der Waals surface area contributed by atoms with Crippen molar-refractivity contribution >= 4 is 35.0 Å². The molecule has 0 saturated heterocycles. The summed E-state index contributed by atoms with van der Waals surface area (Å²) in [5.74, 6) is -0.107. The SMILES string of the molecule is Cc1nc2ccccn2c1C(=O)Nc1cc(C(C)(C)C)nn1C1=NC(=O)C2CCCCC2=N1. The Bertz CT molecular complexity index is 1340. The van der Waals surface area contributed by atoms with E-state index in [1.54, 1.807) is 17.5 Å². The number of hydrogen-bond acceptors (Lipinski definition) is 5. The molecule has 1 saturated carbocycles. The lowest BCUT2D eigenvalue weighted by Gasteiger charge is -2.24. The number of aryl methyl sites for hydroxylation is 1. The van der Waals surface area contributed by atoms with Crippen molar-refractivity contribution in [2.24, 2.45) is 15.9 Å². The number of amides is 2. The highest BCUT2D eigenvalue weighted by atomic mass is 16.2. The van der Waals surface area contributed by atoms with Crippen LogP contribution < -0.4 is 5.32 Å². The van der Waals surface area contributed by atoms with Crippen molar-refractivity contribution in [2.45, 2.75) is 58.8 Å². The van der Waals surface area contributed by atoms with Gasteiger partial charge >= 0.3 is 0 Å². The van der Waals surface area contributed by atoms with Crippen molar-refractivity contribution in [1.82, 2.24) is 19.2 Å². The van der Waals surface area contributed by atoms with Gasteiger partial charge in [0.25, 0.3) is 17.8 Å². The number of carbonyl (C=O) groups is 2. The van der Waals surface area contributed by atoms with E-state index in [1.807, 2.05) is 45.0 Å². The molecular formula is C24H27N7O2. The van der Waals surface area contributed by atoms with Crippen molar-refractivity contribution in [3.63, 3.8) is 0 Å². The van der Waals surface area contributed by atoms with Crippen LogP contribution in [0.15, 0.2) is 40.4 Å². The average Bonchev–Trinajstić information content (AvgIpc) is 3.34. The molecule has 0 radical (unpaired) electrons. The van der Waals surface area contributed by atoms with Crippen molar-refractivity contribution < 1.29 is 9.59 Å². The molecule has 1 N–H and O–H groups in total. The number of pyridine rings is 1. The summed E-state index contributed by atoms with van der Waals surface area (Å²) < 4.78 is 3.23. The van der Waals surface area contributed by atoms with Crippen LogP contribution in [0, 0.1) is 12.8 Å². The fourth-order valence-electron chi connectivity index (χ4n) is 4.37. The molecule has 9 nitrogen and oxygen atoms in total. The molecule has 170 valence electrons. The molecule has 1 fully saturated rings. The molecule has 2 aliphatic rings. The van der Waals surface area contributed by atoms with Crippen LogP contribution in [-0.4, -0.2) is 42.7 Å². The first-order valence-electron chi connectivity index (χ1n) is 11.3. The quantitative estimate of drug-likeness (QED) is 0.648. The van der Waals surface area contributed by atoms with Gasteiger partial charge in [-0.15, -0.1) is 0 Å². The zero-order valence-electron chi connectivity index (χ0n) is 19.3. The molecule has 0 spiro atoms. The fourth-order valence-corrected chi connectivity index (χ4v) is 4.37. The predicted molar refractivity (Wildman–Crippen MR) is 126 cm³/mol. The molecule has 3 aromatic rings. The first kappa shape index (κ1) is 21.2. The van der Waals surface area contributed by atoms with E-state index < -0.39 is 0 Å². The van der Waals surface area contributed by atoms with Crippen molar-refractivity contribution in [1.29, 1.82) is 0 Å².